The molecular formula is C27H32N2O5. The first kappa shape index (κ1) is 24.9. The molecule has 7 heteroatoms. The van der Waals surface area contributed by atoms with E-state index in [1.165, 1.54) is 11.6 Å². The minimum Gasteiger partial charge on any atom is -0.506 e. The molecule has 0 atom stereocenters. The number of benzene rings is 3. The van der Waals surface area contributed by atoms with Crippen molar-refractivity contribution in [3.63, 3.8) is 0 Å². The van der Waals surface area contributed by atoms with Gasteiger partial charge in [0.15, 0.2) is 0 Å². The highest BCUT2D eigenvalue weighted by molar-refractivity contribution is 6.06. The monoisotopic (exact) mass is 464 g/mol. The summed E-state index contributed by atoms with van der Waals surface area (Å²) in [5.41, 5.74) is 2.35. The maximum absolute atomic E-state index is 12.8. The van der Waals surface area contributed by atoms with Crippen LogP contribution in [0.15, 0.2) is 48.5 Å². The van der Waals surface area contributed by atoms with Crippen LogP contribution in [0.3, 0.4) is 0 Å². The maximum atomic E-state index is 12.8. The zero-order valence-corrected chi connectivity index (χ0v) is 19.9. The first-order valence-electron chi connectivity index (χ1n) is 11.6. The van der Waals surface area contributed by atoms with Gasteiger partial charge < -0.3 is 25.2 Å². The highest BCUT2D eigenvalue weighted by Crippen LogP contribution is 2.36. The molecule has 3 N–H and O–H groups in total. The van der Waals surface area contributed by atoms with E-state index in [4.69, 9.17) is 9.47 Å². The van der Waals surface area contributed by atoms with Gasteiger partial charge in [-0.1, -0.05) is 48.9 Å². The van der Waals surface area contributed by atoms with Crippen LogP contribution < -0.4 is 20.1 Å². The van der Waals surface area contributed by atoms with Crippen LogP contribution in [0, 0.1) is 13.8 Å². The van der Waals surface area contributed by atoms with Crippen molar-refractivity contribution >= 4 is 22.8 Å². The summed E-state index contributed by atoms with van der Waals surface area (Å²) in [4.78, 5) is 24.9. The summed E-state index contributed by atoms with van der Waals surface area (Å²) in [5, 5.41) is 17.2. The maximum Gasteiger partial charge on any atom is 0.412 e. The molecule has 0 aromatic heterocycles. The molecule has 2 amide bonds. The number of nitrogens with one attached hydrogen (secondary N) is 2. The zero-order chi connectivity index (χ0) is 24.5. The topological polar surface area (TPSA) is 96.9 Å². The van der Waals surface area contributed by atoms with Crippen molar-refractivity contribution in [2.24, 2.45) is 0 Å². The number of fused-ring (bicyclic) bond motifs is 1. The summed E-state index contributed by atoms with van der Waals surface area (Å²) in [6.45, 7) is 7.46. The van der Waals surface area contributed by atoms with Crippen LogP contribution in [0.25, 0.3) is 10.8 Å². The lowest BCUT2D eigenvalue weighted by Crippen LogP contribution is -2.28. The minimum absolute atomic E-state index is 0.0588. The van der Waals surface area contributed by atoms with Crippen molar-refractivity contribution in [2.75, 3.05) is 19.7 Å². The Kier molecular flexibility index (Phi) is 8.73. The number of hydrogen-bond acceptors (Lipinski definition) is 5. The Hall–Kier alpha value is -3.74. The second kappa shape index (κ2) is 11.9. The highest BCUT2D eigenvalue weighted by atomic mass is 16.6. The van der Waals surface area contributed by atoms with E-state index in [1.54, 1.807) is 24.3 Å². The molecule has 0 saturated heterocycles. The smallest absolute Gasteiger partial charge is 0.412 e. The number of phenols is 1. The van der Waals surface area contributed by atoms with Gasteiger partial charge >= 0.3 is 6.09 Å². The number of ether oxygens (including phenoxy) is 2. The van der Waals surface area contributed by atoms with Crippen molar-refractivity contribution in [3.8, 4) is 17.2 Å². The molecule has 0 saturated carbocycles. The number of aryl methyl sites for hydroxylation is 2. The normalized spacial score (nSPS) is 10.7. The van der Waals surface area contributed by atoms with Gasteiger partial charge in [-0.05, 0) is 50.8 Å². The van der Waals surface area contributed by atoms with E-state index < -0.39 is 12.0 Å². The van der Waals surface area contributed by atoms with Crippen LogP contribution in [-0.2, 0) is 0 Å². The second-order valence-corrected chi connectivity index (χ2v) is 8.21. The summed E-state index contributed by atoms with van der Waals surface area (Å²) < 4.78 is 11.3. The lowest BCUT2D eigenvalue weighted by Gasteiger charge is -2.14. The summed E-state index contributed by atoms with van der Waals surface area (Å²) in [6.07, 6.45) is 1.65. The molecule has 0 fully saturated rings. The van der Waals surface area contributed by atoms with Gasteiger partial charge in [-0.25, -0.2) is 4.79 Å². The molecule has 0 unspecified atom stereocenters. The van der Waals surface area contributed by atoms with Gasteiger partial charge in [0.2, 0.25) is 0 Å². The third-order valence-electron chi connectivity index (χ3n) is 5.39. The molecule has 0 aliphatic carbocycles. The number of amides is 2. The number of unbranched alkanes of at least 4 members (excludes halogenated alkanes) is 1. The second-order valence-electron chi connectivity index (χ2n) is 8.21. The third kappa shape index (κ3) is 6.41. The van der Waals surface area contributed by atoms with Gasteiger partial charge in [0.05, 0.1) is 12.2 Å². The van der Waals surface area contributed by atoms with E-state index in [-0.39, 0.29) is 17.1 Å². The molecule has 34 heavy (non-hydrogen) atoms. The van der Waals surface area contributed by atoms with Crippen LogP contribution in [-0.4, -0.2) is 36.8 Å². The van der Waals surface area contributed by atoms with E-state index >= 15 is 0 Å². The van der Waals surface area contributed by atoms with Crippen LogP contribution in [0.1, 0.15) is 47.7 Å². The Bertz CT molecular complexity index is 1160. The Morgan fingerprint density at radius 2 is 1.68 bits per heavy atom. The number of carbonyl (C=O) groups is 2. The fourth-order valence-corrected chi connectivity index (χ4v) is 3.61. The van der Waals surface area contributed by atoms with Crippen LogP contribution in [0.4, 0.5) is 4.79 Å². The predicted octanol–water partition coefficient (Wildman–Crippen LogP) is 5.25. The SMILES string of the molecule is CCCNC(=O)Oc1cc(C(=O)NCCCCOc2ccc(C)cc2C)c(O)c2ccccc12. The first-order valence-corrected chi connectivity index (χ1v) is 11.6. The van der Waals surface area contributed by atoms with E-state index in [1.807, 2.05) is 32.9 Å². The lowest BCUT2D eigenvalue weighted by atomic mass is 10.0. The molecule has 0 radical (unpaired) electrons. The van der Waals surface area contributed by atoms with E-state index in [0.717, 1.165) is 24.2 Å². The molecule has 0 aliphatic heterocycles. The van der Waals surface area contributed by atoms with Gasteiger partial charge in [0, 0.05) is 23.9 Å². The standard InChI is InChI=1S/C27H32N2O5/c1-4-13-29-27(32)34-24-17-22(25(30)21-10-6-5-9-20(21)24)26(31)28-14-7-8-15-33-23-12-11-18(2)16-19(23)3/h5-6,9-12,16-17,30H,4,7-8,13-15H2,1-3H3,(H,28,31)(H,29,32). The number of carbonyl (C=O) groups excluding carboxylic acids is 2. The first-order chi connectivity index (χ1) is 16.4. The van der Waals surface area contributed by atoms with Gasteiger partial charge in [0.1, 0.15) is 17.2 Å². The third-order valence-corrected chi connectivity index (χ3v) is 5.39. The number of hydrogen-bond donors (Lipinski definition) is 3. The van der Waals surface area contributed by atoms with Crippen molar-refractivity contribution < 1.29 is 24.2 Å². The molecule has 0 bridgehead atoms. The van der Waals surface area contributed by atoms with Crippen LogP contribution in [0.2, 0.25) is 0 Å². The lowest BCUT2D eigenvalue weighted by molar-refractivity contribution is 0.0949. The van der Waals surface area contributed by atoms with Crippen molar-refractivity contribution in [1.29, 1.82) is 0 Å². The summed E-state index contributed by atoms with van der Waals surface area (Å²) >= 11 is 0. The van der Waals surface area contributed by atoms with E-state index in [2.05, 4.69) is 16.7 Å². The molecular weight excluding hydrogens is 432 g/mol. The average Bonchev–Trinajstić information content (AvgIpc) is 2.82. The van der Waals surface area contributed by atoms with Crippen LogP contribution in [0.5, 0.6) is 17.2 Å². The Balaban J connectivity index is 1.59. The molecule has 3 rings (SSSR count). The molecule has 3 aromatic carbocycles. The molecule has 180 valence electrons. The van der Waals surface area contributed by atoms with Crippen molar-refractivity contribution in [3.05, 3.63) is 65.2 Å². The number of phenolic OH excluding ortho intramolecular Hbond substituents is 1. The quantitative estimate of drug-likeness (QED) is 0.356. The Morgan fingerprint density at radius 3 is 2.41 bits per heavy atom. The summed E-state index contributed by atoms with van der Waals surface area (Å²) in [5.74, 6) is 0.505. The molecule has 0 heterocycles. The Labute approximate surface area is 200 Å². The largest absolute Gasteiger partial charge is 0.506 e. The fraction of sp³-hybridized carbons (Fsp3) is 0.333. The van der Waals surface area contributed by atoms with E-state index in [9.17, 15) is 14.7 Å². The van der Waals surface area contributed by atoms with Crippen molar-refractivity contribution in [2.45, 2.75) is 40.0 Å². The van der Waals surface area contributed by atoms with Gasteiger partial charge in [-0.15, -0.1) is 0 Å². The average molecular weight is 465 g/mol. The van der Waals surface area contributed by atoms with E-state index in [0.29, 0.717) is 36.9 Å². The fourth-order valence-electron chi connectivity index (χ4n) is 3.61. The summed E-state index contributed by atoms with van der Waals surface area (Å²) in [7, 11) is 0. The van der Waals surface area contributed by atoms with Gasteiger partial charge in [0.25, 0.3) is 5.91 Å². The summed E-state index contributed by atoms with van der Waals surface area (Å²) in [6, 6.07) is 14.4. The highest BCUT2D eigenvalue weighted by Gasteiger charge is 2.19. The predicted molar refractivity (Wildman–Crippen MR) is 133 cm³/mol. The number of rotatable bonds is 10. The van der Waals surface area contributed by atoms with Crippen LogP contribution >= 0.6 is 0 Å². The molecule has 0 aliphatic rings. The Morgan fingerprint density at radius 1 is 0.912 bits per heavy atom. The molecule has 0 spiro atoms. The molecule has 7 nitrogen and oxygen atoms in total. The van der Waals surface area contributed by atoms with Crippen molar-refractivity contribution in [1.82, 2.24) is 10.6 Å². The number of aromatic hydroxyl groups is 1. The van der Waals surface area contributed by atoms with Gasteiger partial charge in [-0.2, -0.15) is 0 Å². The zero-order valence-electron chi connectivity index (χ0n) is 19.9. The minimum atomic E-state index is -0.604. The van der Waals surface area contributed by atoms with Gasteiger partial charge in [-0.3, -0.25) is 4.79 Å². The molecule has 3 aromatic rings.